The first-order valence-corrected chi connectivity index (χ1v) is 10.6. The van der Waals surface area contributed by atoms with Gasteiger partial charge in [0.2, 0.25) is 5.91 Å². The summed E-state index contributed by atoms with van der Waals surface area (Å²) in [6, 6.07) is 19.2. The number of aliphatic carboxylic acids is 1. The third-order valence-electron chi connectivity index (χ3n) is 6.17. The van der Waals surface area contributed by atoms with Gasteiger partial charge in [-0.3, -0.25) is 14.6 Å². The van der Waals surface area contributed by atoms with Gasteiger partial charge in [-0.1, -0.05) is 60.7 Å². The molecule has 30 heavy (non-hydrogen) atoms. The fraction of sp³-hybridized carbons (Fsp3) is 0.417. The van der Waals surface area contributed by atoms with Gasteiger partial charge >= 0.3 is 5.97 Å². The summed E-state index contributed by atoms with van der Waals surface area (Å²) in [7, 11) is 0. The van der Waals surface area contributed by atoms with Gasteiger partial charge in [-0.05, 0) is 17.5 Å². The number of carbonyl (C=O) groups is 2. The minimum atomic E-state index is -0.994. The van der Waals surface area contributed by atoms with Crippen LogP contribution in [0.1, 0.15) is 30.4 Å². The number of hydrogen-bond donors (Lipinski definition) is 1. The number of amides is 1. The van der Waals surface area contributed by atoms with Crippen molar-refractivity contribution in [2.24, 2.45) is 0 Å². The van der Waals surface area contributed by atoms with E-state index in [1.807, 2.05) is 48.5 Å². The van der Waals surface area contributed by atoms with Gasteiger partial charge in [-0.2, -0.15) is 0 Å². The van der Waals surface area contributed by atoms with E-state index in [0.717, 1.165) is 25.2 Å². The van der Waals surface area contributed by atoms with Gasteiger partial charge in [-0.25, -0.2) is 4.79 Å². The Labute approximate surface area is 177 Å². The summed E-state index contributed by atoms with van der Waals surface area (Å²) in [5, 5.41) is 9.69. The normalized spacial score (nSPS) is 21.1. The molecule has 1 N–H and O–H groups in total. The number of hydrogen-bond acceptors (Lipinski definition) is 4. The Morgan fingerprint density at radius 2 is 1.57 bits per heavy atom. The molecule has 0 saturated carbocycles. The maximum absolute atomic E-state index is 13.1. The fourth-order valence-corrected chi connectivity index (χ4v) is 4.55. The second-order valence-corrected chi connectivity index (χ2v) is 8.12. The SMILES string of the molecule is O=C(O)[C@H]1COC2(CCN(Cc3ccccc3)CC2)N1C(=O)CCc1ccccc1. The van der Waals surface area contributed by atoms with Crippen LogP contribution in [0.5, 0.6) is 0 Å². The molecule has 1 amide bonds. The van der Waals surface area contributed by atoms with Crippen molar-refractivity contribution in [2.45, 2.75) is 44.0 Å². The first-order valence-electron chi connectivity index (χ1n) is 10.6. The molecule has 158 valence electrons. The van der Waals surface area contributed by atoms with Gasteiger partial charge in [0.05, 0.1) is 6.61 Å². The van der Waals surface area contributed by atoms with Crippen LogP contribution < -0.4 is 0 Å². The van der Waals surface area contributed by atoms with E-state index < -0.39 is 17.7 Å². The van der Waals surface area contributed by atoms with Crippen molar-refractivity contribution in [1.29, 1.82) is 0 Å². The highest BCUT2D eigenvalue weighted by Crippen LogP contribution is 2.38. The molecule has 4 rings (SSSR count). The highest BCUT2D eigenvalue weighted by atomic mass is 16.5. The van der Waals surface area contributed by atoms with Crippen LogP contribution in [0.2, 0.25) is 0 Å². The molecule has 0 radical (unpaired) electrons. The summed E-state index contributed by atoms with van der Waals surface area (Å²) in [6.45, 7) is 2.44. The molecule has 2 saturated heterocycles. The van der Waals surface area contributed by atoms with E-state index in [2.05, 4.69) is 17.0 Å². The summed E-state index contributed by atoms with van der Waals surface area (Å²) in [6.07, 6.45) is 2.13. The van der Waals surface area contributed by atoms with Crippen LogP contribution in [0.3, 0.4) is 0 Å². The highest BCUT2D eigenvalue weighted by Gasteiger charge is 2.53. The lowest BCUT2D eigenvalue weighted by Gasteiger charge is -2.44. The average Bonchev–Trinajstić information content (AvgIpc) is 3.14. The molecule has 1 spiro atoms. The van der Waals surface area contributed by atoms with E-state index in [1.54, 1.807) is 0 Å². The Kier molecular flexibility index (Phi) is 6.16. The number of benzene rings is 2. The Balaban J connectivity index is 1.43. The molecule has 2 fully saturated rings. The van der Waals surface area contributed by atoms with Gasteiger partial charge in [0.25, 0.3) is 0 Å². The molecular formula is C24H28N2O4. The average molecular weight is 408 g/mol. The molecule has 2 aliphatic rings. The van der Waals surface area contributed by atoms with E-state index in [4.69, 9.17) is 4.74 Å². The predicted octanol–water partition coefficient (Wildman–Crippen LogP) is 2.92. The number of carbonyl (C=O) groups excluding carboxylic acids is 1. The maximum atomic E-state index is 13.1. The monoisotopic (exact) mass is 408 g/mol. The summed E-state index contributed by atoms with van der Waals surface area (Å²) in [5.74, 6) is -1.13. The Morgan fingerprint density at radius 1 is 0.967 bits per heavy atom. The Bertz CT molecular complexity index is 863. The lowest BCUT2D eigenvalue weighted by atomic mass is 9.96. The summed E-state index contributed by atoms with van der Waals surface area (Å²) in [4.78, 5) is 28.9. The quantitative estimate of drug-likeness (QED) is 0.796. The molecule has 0 bridgehead atoms. The number of nitrogens with zero attached hydrogens (tertiary/aromatic N) is 2. The van der Waals surface area contributed by atoms with Gasteiger partial charge < -0.3 is 9.84 Å². The third-order valence-corrected chi connectivity index (χ3v) is 6.17. The zero-order valence-corrected chi connectivity index (χ0v) is 17.1. The van der Waals surface area contributed by atoms with Crippen molar-refractivity contribution in [3.05, 3.63) is 71.8 Å². The largest absolute Gasteiger partial charge is 0.480 e. The molecule has 6 nitrogen and oxygen atoms in total. The van der Waals surface area contributed by atoms with E-state index >= 15 is 0 Å². The fourth-order valence-electron chi connectivity index (χ4n) is 4.55. The minimum Gasteiger partial charge on any atom is -0.480 e. The molecule has 1 atom stereocenters. The van der Waals surface area contributed by atoms with Crippen LogP contribution >= 0.6 is 0 Å². The molecule has 2 aliphatic heterocycles. The molecule has 2 aromatic carbocycles. The van der Waals surface area contributed by atoms with Crippen LogP contribution in [0.15, 0.2) is 60.7 Å². The molecule has 0 unspecified atom stereocenters. The number of rotatable bonds is 6. The smallest absolute Gasteiger partial charge is 0.328 e. The van der Waals surface area contributed by atoms with Crippen LogP contribution in [-0.2, 0) is 27.3 Å². The van der Waals surface area contributed by atoms with Crippen molar-refractivity contribution in [1.82, 2.24) is 9.80 Å². The number of carboxylic acid groups (broad SMARTS) is 1. The lowest BCUT2D eigenvalue weighted by Crippen LogP contribution is -2.58. The molecule has 6 heteroatoms. The number of carboxylic acids is 1. The summed E-state index contributed by atoms with van der Waals surface area (Å²) in [5.41, 5.74) is 1.52. The number of piperidine rings is 1. The van der Waals surface area contributed by atoms with Gasteiger partial charge in [0.1, 0.15) is 5.72 Å². The zero-order chi connectivity index (χ0) is 21.0. The van der Waals surface area contributed by atoms with Crippen molar-refractivity contribution in [3.8, 4) is 0 Å². The van der Waals surface area contributed by atoms with Gasteiger partial charge in [0.15, 0.2) is 6.04 Å². The summed E-state index contributed by atoms with van der Waals surface area (Å²) >= 11 is 0. The minimum absolute atomic E-state index is 0.0606. The Hall–Kier alpha value is -2.70. The third kappa shape index (κ3) is 4.40. The van der Waals surface area contributed by atoms with E-state index in [9.17, 15) is 14.7 Å². The summed E-state index contributed by atoms with van der Waals surface area (Å²) < 4.78 is 6.04. The maximum Gasteiger partial charge on any atom is 0.328 e. The van der Waals surface area contributed by atoms with Crippen LogP contribution in [-0.4, -0.2) is 58.2 Å². The number of likely N-dealkylation sites (tertiary alicyclic amines) is 1. The van der Waals surface area contributed by atoms with Crippen molar-refractivity contribution >= 4 is 11.9 Å². The van der Waals surface area contributed by atoms with Crippen LogP contribution in [0.4, 0.5) is 0 Å². The number of ether oxygens (including phenoxy) is 1. The molecule has 0 aromatic heterocycles. The molecular weight excluding hydrogens is 380 g/mol. The molecule has 2 heterocycles. The van der Waals surface area contributed by atoms with Gasteiger partial charge in [-0.15, -0.1) is 0 Å². The first-order chi connectivity index (χ1) is 14.6. The standard InChI is InChI=1S/C24H28N2O4/c27-22(12-11-19-7-3-1-4-8-19)26-21(23(28)29)18-30-24(26)13-15-25(16-14-24)17-20-9-5-2-6-10-20/h1-10,21H,11-18H2,(H,28,29)/t21-/m1/s1. The topological polar surface area (TPSA) is 70.1 Å². The van der Waals surface area contributed by atoms with E-state index in [-0.39, 0.29) is 18.9 Å². The van der Waals surface area contributed by atoms with Crippen molar-refractivity contribution < 1.29 is 19.4 Å². The molecule has 2 aromatic rings. The lowest BCUT2D eigenvalue weighted by molar-refractivity contribution is -0.166. The van der Waals surface area contributed by atoms with Crippen LogP contribution in [0, 0.1) is 0 Å². The Morgan fingerprint density at radius 3 is 2.17 bits per heavy atom. The second kappa shape index (κ2) is 8.98. The highest BCUT2D eigenvalue weighted by molar-refractivity contribution is 5.85. The molecule has 0 aliphatic carbocycles. The van der Waals surface area contributed by atoms with Crippen molar-refractivity contribution in [3.63, 3.8) is 0 Å². The predicted molar refractivity (Wildman–Crippen MR) is 113 cm³/mol. The zero-order valence-electron chi connectivity index (χ0n) is 17.1. The number of aryl methyl sites for hydroxylation is 1. The second-order valence-electron chi connectivity index (χ2n) is 8.12. The van der Waals surface area contributed by atoms with Gasteiger partial charge in [0, 0.05) is 38.9 Å². The van der Waals surface area contributed by atoms with Crippen molar-refractivity contribution in [2.75, 3.05) is 19.7 Å². The van der Waals surface area contributed by atoms with Crippen LogP contribution in [0.25, 0.3) is 0 Å². The first kappa shape index (κ1) is 20.6. The van der Waals surface area contributed by atoms with E-state index in [0.29, 0.717) is 19.3 Å². The van der Waals surface area contributed by atoms with E-state index in [1.165, 1.54) is 10.5 Å².